The van der Waals surface area contributed by atoms with Crippen LogP contribution in [-0.2, 0) is 11.2 Å². The average molecular weight is 461 g/mol. The molecule has 0 saturated carbocycles. The summed E-state index contributed by atoms with van der Waals surface area (Å²) in [5.41, 5.74) is 3.99. The molecule has 0 saturated heterocycles. The lowest BCUT2D eigenvalue weighted by atomic mass is 10.2. The monoisotopic (exact) mass is 460 g/mol. The number of carbonyl (C=O) groups excluding carboxylic acids is 2. The van der Waals surface area contributed by atoms with Gasteiger partial charge < -0.3 is 14.5 Å². The summed E-state index contributed by atoms with van der Waals surface area (Å²) in [4.78, 5) is 30.3. The summed E-state index contributed by atoms with van der Waals surface area (Å²) < 4.78 is 5.76. The minimum atomic E-state index is -0.0791. The number of thioether (sulfide) groups is 1. The van der Waals surface area contributed by atoms with Crippen LogP contribution in [0.1, 0.15) is 21.5 Å². The van der Waals surface area contributed by atoms with E-state index in [1.165, 1.54) is 22.9 Å². The number of benzene rings is 3. The van der Waals surface area contributed by atoms with Gasteiger partial charge >= 0.3 is 0 Å². The largest absolute Gasteiger partial charge is 0.492 e. The van der Waals surface area contributed by atoms with Crippen molar-refractivity contribution >= 4 is 29.3 Å². The number of aryl methyl sites for hydroxylation is 1. The van der Waals surface area contributed by atoms with Crippen molar-refractivity contribution in [1.82, 2.24) is 4.90 Å². The first-order valence-corrected chi connectivity index (χ1v) is 12.1. The first-order chi connectivity index (χ1) is 16.0. The molecular formula is C27H28N2O3S. The van der Waals surface area contributed by atoms with Crippen LogP contribution in [-0.4, -0.2) is 49.2 Å². The lowest BCUT2D eigenvalue weighted by Gasteiger charge is -2.20. The summed E-state index contributed by atoms with van der Waals surface area (Å²) in [6.45, 7) is 3.62. The summed E-state index contributed by atoms with van der Waals surface area (Å²) in [5, 5.41) is 0. The fourth-order valence-electron chi connectivity index (χ4n) is 3.83. The highest BCUT2D eigenvalue weighted by Gasteiger charge is 2.24. The van der Waals surface area contributed by atoms with Crippen LogP contribution >= 0.6 is 11.8 Å². The molecule has 2 amide bonds. The van der Waals surface area contributed by atoms with E-state index in [1.807, 2.05) is 78.6 Å². The Kier molecular flexibility index (Phi) is 7.35. The van der Waals surface area contributed by atoms with Gasteiger partial charge in [-0.05, 0) is 49.2 Å². The Labute approximate surface area is 199 Å². The van der Waals surface area contributed by atoms with E-state index < -0.39 is 0 Å². The Morgan fingerprint density at radius 2 is 1.73 bits per heavy atom. The third-order valence-electron chi connectivity index (χ3n) is 5.72. The first-order valence-electron chi connectivity index (χ1n) is 11.1. The average Bonchev–Trinajstić information content (AvgIpc) is 3.28. The van der Waals surface area contributed by atoms with E-state index in [1.54, 1.807) is 11.9 Å². The number of amides is 2. The summed E-state index contributed by atoms with van der Waals surface area (Å²) in [6.07, 6.45) is 0.886. The molecule has 4 rings (SSSR count). The van der Waals surface area contributed by atoms with Gasteiger partial charge in [-0.2, -0.15) is 0 Å². The second-order valence-corrected chi connectivity index (χ2v) is 9.11. The minimum Gasteiger partial charge on any atom is -0.492 e. The number of hydrogen-bond acceptors (Lipinski definition) is 4. The van der Waals surface area contributed by atoms with Crippen LogP contribution in [0.25, 0.3) is 0 Å². The summed E-state index contributed by atoms with van der Waals surface area (Å²) in [7, 11) is 1.77. The molecule has 3 aromatic carbocycles. The fourth-order valence-corrected chi connectivity index (χ4v) is 4.75. The number of para-hydroxylation sites is 1. The smallest absolute Gasteiger partial charge is 0.254 e. The van der Waals surface area contributed by atoms with Crippen LogP contribution in [0.3, 0.4) is 0 Å². The van der Waals surface area contributed by atoms with Crippen LogP contribution in [0.15, 0.2) is 77.7 Å². The number of anilines is 1. The van der Waals surface area contributed by atoms with E-state index in [4.69, 9.17) is 4.74 Å². The van der Waals surface area contributed by atoms with Crippen LogP contribution in [0.2, 0.25) is 0 Å². The molecule has 0 unspecified atom stereocenters. The molecule has 3 aromatic rings. The highest BCUT2D eigenvalue weighted by molar-refractivity contribution is 8.00. The molecule has 33 heavy (non-hydrogen) atoms. The van der Waals surface area contributed by atoms with Gasteiger partial charge in [-0.3, -0.25) is 9.59 Å². The molecular weight excluding hydrogens is 432 g/mol. The molecule has 0 aliphatic carbocycles. The standard InChI is InChI=1S/C27H28N2O3S/c1-20-11-13-22(14-12-20)32-18-17-28(2)27(31)23-8-4-6-10-25(23)33-19-26(30)29-16-15-21-7-3-5-9-24(21)29/h3-14H,15-19H2,1-2H3. The molecule has 0 N–H and O–H groups in total. The van der Waals surface area contributed by atoms with E-state index in [9.17, 15) is 9.59 Å². The molecule has 6 heteroatoms. The third kappa shape index (κ3) is 5.57. The number of nitrogens with zero attached hydrogens (tertiary/aromatic N) is 2. The third-order valence-corrected chi connectivity index (χ3v) is 6.78. The van der Waals surface area contributed by atoms with Crippen molar-refractivity contribution in [2.75, 3.05) is 37.4 Å². The Morgan fingerprint density at radius 1 is 1.00 bits per heavy atom. The Morgan fingerprint density at radius 3 is 2.55 bits per heavy atom. The Hall–Kier alpha value is -3.25. The quantitative estimate of drug-likeness (QED) is 0.452. The van der Waals surface area contributed by atoms with Gasteiger partial charge in [-0.1, -0.05) is 48.0 Å². The zero-order valence-electron chi connectivity index (χ0n) is 19.0. The van der Waals surface area contributed by atoms with E-state index in [2.05, 4.69) is 6.07 Å². The van der Waals surface area contributed by atoms with Gasteiger partial charge in [0.15, 0.2) is 0 Å². The van der Waals surface area contributed by atoms with Crippen LogP contribution in [0.4, 0.5) is 5.69 Å². The Balaban J connectivity index is 1.34. The zero-order chi connectivity index (χ0) is 23.2. The highest BCUT2D eigenvalue weighted by atomic mass is 32.2. The van der Waals surface area contributed by atoms with Gasteiger partial charge in [-0.25, -0.2) is 0 Å². The van der Waals surface area contributed by atoms with Gasteiger partial charge in [0, 0.05) is 24.2 Å². The maximum Gasteiger partial charge on any atom is 0.254 e. The minimum absolute atomic E-state index is 0.0621. The molecule has 1 aliphatic rings. The molecule has 0 radical (unpaired) electrons. The van der Waals surface area contributed by atoms with Crippen molar-refractivity contribution in [3.05, 3.63) is 89.5 Å². The Bertz CT molecular complexity index is 1130. The molecule has 5 nitrogen and oxygen atoms in total. The predicted molar refractivity (Wildman–Crippen MR) is 133 cm³/mol. The number of fused-ring (bicyclic) bond motifs is 1. The number of carbonyl (C=O) groups is 2. The van der Waals surface area contributed by atoms with Crippen molar-refractivity contribution in [2.24, 2.45) is 0 Å². The number of likely N-dealkylation sites (N-methyl/N-ethyl adjacent to an activating group) is 1. The highest BCUT2D eigenvalue weighted by Crippen LogP contribution is 2.30. The van der Waals surface area contributed by atoms with Gasteiger partial charge in [0.25, 0.3) is 5.91 Å². The first kappa shape index (κ1) is 22.9. The van der Waals surface area contributed by atoms with Gasteiger partial charge in [0.2, 0.25) is 5.91 Å². The topological polar surface area (TPSA) is 49.9 Å². The summed E-state index contributed by atoms with van der Waals surface area (Å²) in [6, 6.07) is 23.4. The number of ether oxygens (including phenoxy) is 1. The van der Waals surface area contributed by atoms with Crippen LogP contribution in [0, 0.1) is 6.92 Å². The van der Waals surface area contributed by atoms with Crippen LogP contribution in [0.5, 0.6) is 5.75 Å². The maximum atomic E-state index is 13.1. The van der Waals surface area contributed by atoms with E-state index in [0.29, 0.717) is 31.0 Å². The predicted octanol–water partition coefficient (Wildman–Crippen LogP) is 4.83. The molecule has 0 atom stereocenters. The second kappa shape index (κ2) is 10.6. The summed E-state index contributed by atoms with van der Waals surface area (Å²) in [5.74, 6) is 1.06. The fraction of sp³-hybridized carbons (Fsp3) is 0.259. The zero-order valence-corrected chi connectivity index (χ0v) is 19.8. The number of hydrogen-bond donors (Lipinski definition) is 0. The van der Waals surface area contributed by atoms with Gasteiger partial charge in [0.05, 0.1) is 17.9 Å². The lowest BCUT2D eigenvalue weighted by Crippen LogP contribution is -2.32. The van der Waals surface area contributed by atoms with Crippen molar-refractivity contribution < 1.29 is 14.3 Å². The second-order valence-electron chi connectivity index (χ2n) is 8.10. The molecule has 0 fully saturated rings. The van der Waals surface area contributed by atoms with Crippen molar-refractivity contribution in [3.63, 3.8) is 0 Å². The van der Waals surface area contributed by atoms with Crippen molar-refractivity contribution in [2.45, 2.75) is 18.2 Å². The number of rotatable bonds is 8. The maximum absolute atomic E-state index is 13.1. The normalized spacial score (nSPS) is 12.4. The lowest BCUT2D eigenvalue weighted by molar-refractivity contribution is -0.116. The molecule has 0 bridgehead atoms. The molecule has 1 heterocycles. The van der Waals surface area contributed by atoms with Crippen molar-refractivity contribution in [1.29, 1.82) is 0 Å². The van der Waals surface area contributed by atoms with Crippen molar-refractivity contribution in [3.8, 4) is 5.75 Å². The van der Waals surface area contributed by atoms with E-state index in [-0.39, 0.29) is 11.8 Å². The molecule has 0 spiro atoms. The van der Waals surface area contributed by atoms with Crippen LogP contribution < -0.4 is 9.64 Å². The summed E-state index contributed by atoms with van der Waals surface area (Å²) >= 11 is 1.41. The van der Waals surface area contributed by atoms with Gasteiger partial charge in [0.1, 0.15) is 12.4 Å². The SMILES string of the molecule is Cc1ccc(OCCN(C)C(=O)c2ccccc2SCC(=O)N2CCc3ccccc32)cc1. The molecule has 170 valence electrons. The molecule has 0 aromatic heterocycles. The van der Waals surface area contributed by atoms with E-state index in [0.717, 1.165) is 22.8 Å². The van der Waals surface area contributed by atoms with E-state index >= 15 is 0 Å². The van der Waals surface area contributed by atoms with Gasteiger partial charge in [-0.15, -0.1) is 11.8 Å². The molecule has 1 aliphatic heterocycles.